The Kier molecular flexibility index (Phi) is 10.5. The van der Waals surface area contributed by atoms with E-state index < -0.39 is 18.1 Å². The van der Waals surface area contributed by atoms with Gasteiger partial charge in [-0.2, -0.15) is 0 Å². The predicted molar refractivity (Wildman–Crippen MR) is 69.9 cm³/mol. The zero-order valence-electron chi connectivity index (χ0n) is 11.8. The van der Waals surface area contributed by atoms with Crippen LogP contribution in [0.1, 0.15) is 34.1 Å². The highest BCUT2D eigenvalue weighted by atomic mass is 16.5. The molecule has 0 unspecified atom stereocenters. The fourth-order valence-corrected chi connectivity index (χ4v) is 0.906. The van der Waals surface area contributed by atoms with Crippen molar-refractivity contribution in [3.8, 4) is 0 Å². The van der Waals surface area contributed by atoms with E-state index in [1.807, 2.05) is 27.7 Å². The normalized spacial score (nSPS) is 15.1. The van der Waals surface area contributed by atoms with Gasteiger partial charge in [-0.1, -0.05) is 34.1 Å². The number of hydrogen-bond acceptors (Lipinski definition) is 5. The molecule has 0 aliphatic rings. The molecule has 18 heavy (non-hydrogen) atoms. The molecule has 108 valence electrons. The Balaban J connectivity index is 0. The highest BCUT2D eigenvalue weighted by molar-refractivity contribution is 5.75. The molecule has 0 aromatic carbocycles. The first kappa shape index (κ1) is 19.2. The minimum absolute atomic E-state index is 0.0718. The molecule has 0 bridgehead atoms. The first-order chi connectivity index (χ1) is 8.18. The van der Waals surface area contributed by atoms with E-state index >= 15 is 0 Å². The lowest BCUT2D eigenvalue weighted by Gasteiger charge is -2.11. The Bertz CT molecular complexity index is 256. The maximum Gasteiger partial charge on any atom is 0.322 e. The van der Waals surface area contributed by atoms with E-state index in [2.05, 4.69) is 4.74 Å². The van der Waals surface area contributed by atoms with Gasteiger partial charge in [-0.25, -0.2) is 0 Å². The van der Waals surface area contributed by atoms with Crippen LogP contribution in [0.2, 0.25) is 0 Å². The summed E-state index contributed by atoms with van der Waals surface area (Å²) < 4.78 is 4.41. The summed E-state index contributed by atoms with van der Waals surface area (Å²) in [5.74, 6) is -1.03. The number of aliphatic carboxylic acids is 1. The quantitative estimate of drug-likeness (QED) is 0.624. The molecule has 6 heteroatoms. The van der Waals surface area contributed by atoms with Gasteiger partial charge in [0.2, 0.25) is 0 Å². The number of carboxylic acid groups (broad SMARTS) is 1. The van der Waals surface area contributed by atoms with Crippen molar-refractivity contribution in [2.24, 2.45) is 23.3 Å². The summed E-state index contributed by atoms with van der Waals surface area (Å²) in [6.07, 6.45) is 0.813. The van der Waals surface area contributed by atoms with E-state index in [9.17, 15) is 9.59 Å². The van der Waals surface area contributed by atoms with Gasteiger partial charge in [-0.15, -0.1) is 0 Å². The van der Waals surface area contributed by atoms with Gasteiger partial charge in [-0.05, 0) is 11.8 Å². The number of methoxy groups -OCH3 is 1. The molecular weight excluding hydrogens is 236 g/mol. The van der Waals surface area contributed by atoms with Crippen LogP contribution in [0.4, 0.5) is 0 Å². The standard InChI is InChI=1S/2C6H13NO2/c1-4(2)5(7)6(8)9-3;1-3-4(2)5(7)6(8)9/h4-5H,7H2,1-3H3;4-5H,3,7H2,1-2H3,(H,8,9)/t5-;4-,5-/m00/s1. The van der Waals surface area contributed by atoms with Crippen LogP contribution < -0.4 is 11.5 Å². The molecule has 0 rings (SSSR count). The van der Waals surface area contributed by atoms with Crippen molar-refractivity contribution in [3.63, 3.8) is 0 Å². The SMILES string of the molecule is CC[C@H](C)[C@H](N)C(=O)O.COC(=O)[C@@H](N)C(C)C. The highest BCUT2D eigenvalue weighted by Crippen LogP contribution is 2.04. The van der Waals surface area contributed by atoms with Crippen LogP contribution in [0.5, 0.6) is 0 Å². The van der Waals surface area contributed by atoms with Crippen molar-refractivity contribution in [3.05, 3.63) is 0 Å². The molecule has 5 N–H and O–H groups in total. The lowest BCUT2D eigenvalue weighted by molar-refractivity contribution is -0.143. The van der Waals surface area contributed by atoms with Gasteiger partial charge >= 0.3 is 11.9 Å². The summed E-state index contributed by atoms with van der Waals surface area (Å²) in [6.45, 7) is 7.51. The molecule has 0 radical (unpaired) electrons. The second-order valence-corrected chi connectivity index (χ2v) is 4.54. The third-order valence-corrected chi connectivity index (χ3v) is 2.73. The molecule has 0 spiro atoms. The number of carboxylic acids is 1. The topological polar surface area (TPSA) is 116 Å². The Hall–Kier alpha value is -1.14. The number of nitrogens with two attached hydrogens (primary N) is 2. The van der Waals surface area contributed by atoms with Gasteiger partial charge in [0.15, 0.2) is 0 Å². The Morgan fingerprint density at radius 1 is 1.17 bits per heavy atom. The average Bonchev–Trinajstić information content (AvgIpc) is 2.35. The number of rotatable bonds is 5. The number of hydrogen-bond donors (Lipinski definition) is 3. The smallest absolute Gasteiger partial charge is 0.322 e. The number of esters is 1. The summed E-state index contributed by atoms with van der Waals surface area (Å²) in [6, 6.07) is -1.18. The summed E-state index contributed by atoms with van der Waals surface area (Å²) in [5.41, 5.74) is 10.7. The maximum absolute atomic E-state index is 10.6. The number of carbonyl (C=O) groups excluding carboxylic acids is 1. The number of carbonyl (C=O) groups is 2. The van der Waals surface area contributed by atoms with Crippen LogP contribution in [0.25, 0.3) is 0 Å². The predicted octanol–water partition coefficient (Wildman–Crippen LogP) is 0.587. The van der Waals surface area contributed by atoms with Crippen LogP contribution in [-0.4, -0.2) is 36.2 Å². The molecule has 0 amide bonds. The second kappa shape index (κ2) is 9.85. The molecule has 3 atom stereocenters. The largest absolute Gasteiger partial charge is 0.480 e. The minimum Gasteiger partial charge on any atom is -0.480 e. The third-order valence-electron chi connectivity index (χ3n) is 2.73. The summed E-state index contributed by atoms with van der Waals surface area (Å²) >= 11 is 0. The van der Waals surface area contributed by atoms with E-state index in [4.69, 9.17) is 16.6 Å². The van der Waals surface area contributed by atoms with Crippen LogP contribution >= 0.6 is 0 Å². The molecule has 0 saturated carbocycles. The molecule has 0 aromatic rings. The van der Waals surface area contributed by atoms with Crippen LogP contribution in [0.15, 0.2) is 0 Å². The lowest BCUT2D eigenvalue weighted by atomic mass is 10.0. The molecule has 0 aromatic heterocycles. The van der Waals surface area contributed by atoms with Crippen LogP contribution in [0, 0.1) is 11.8 Å². The maximum atomic E-state index is 10.6. The van der Waals surface area contributed by atoms with Crippen molar-refractivity contribution < 1.29 is 19.4 Å². The molecular formula is C12H26N2O4. The van der Waals surface area contributed by atoms with Crippen molar-refractivity contribution in [2.75, 3.05) is 7.11 Å². The Morgan fingerprint density at radius 3 is 1.72 bits per heavy atom. The monoisotopic (exact) mass is 262 g/mol. The van der Waals surface area contributed by atoms with Gasteiger partial charge in [0.1, 0.15) is 12.1 Å². The van der Waals surface area contributed by atoms with Crippen LogP contribution in [0.3, 0.4) is 0 Å². The average molecular weight is 262 g/mol. The second-order valence-electron chi connectivity index (χ2n) is 4.54. The molecule has 0 fully saturated rings. The first-order valence-electron chi connectivity index (χ1n) is 6.00. The lowest BCUT2D eigenvalue weighted by Crippen LogP contribution is -2.36. The van der Waals surface area contributed by atoms with E-state index in [1.165, 1.54) is 7.11 Å². The van der Waals surface area contributed by atoms with Crippen molar-refractivity contribution in [1.82, 2.24) is 0 Å². The molecule has 0 heterocycles. The van der Waals surface area contributed by atoms with Crippen molar-refractivity contribution in [1.29, 1.82) is 0 Å². The molecule has 0 saturated heterocycles. The summed E-state index contributed by atoms with van der Waals surface area (Å²) in [7, 11) is 1.34. The highest BCUT2D eigenvalue weighted by Gasteiger charge is 2.17. The van der Waals surface area contributed by atoms with E-state index in [0.29, 0.717) is 0 Å². The Labute approximate surface area is 109 Å². The van der Waals surface area contributed by atoms with Gasteiger partial charge in [0, 0.05) is 0 Å². The summed E-state index contributed by atoms with van der Waals surface area (Å²) in [4.78, 5) is 20.8. The zero-order valence-corrected chi connectivity index (χ0v) is 11.8. The molecule has 0 aliphatic carbocycles. The molecule has 6 nitrogen and oxygen atoms in total. The van der Waals surface area contributed by atoms with Crippen molar-refractivity contribution >= 4 is 11.9 Å². The van der Waals surface area contributed by atoms with Crippen LogP contribution in [-0.2, 0) is 14.3 Å². The van der Waals surface area contributed by atoms with E-state index in [0.717, 1.165) is 6.42 Å². The number of ether oxygens (including phenoxy) is 1. The van der Waals surface area contributed by atoms with E-state index in [1.54, 1.807) is 0 Å². The summed E-state index contributed by atoms with van der Waals surface area (Å²) in [5, 5.41) is 8.36. The van der Waals surface area contributed by atoms with Crippen molar-refractivity contribution in [2.45, 2.75) is 46.2 Å². The van der Waals surface area contributed by atoms with Gasteiger partial charge < -0.3 is 21.3 Å². The van der Waals surface area contributed by atoms with E-state index in [-0.39, 0.29) is 17.8 Å². The minimum atomic E-state index is -0.913. The first-order valence-corrected chi connectivity index (χ1v) is 6.00. The Morgan fingerprint density at radius 2 is 1.61 bits per heavy atom. The van der Waals surface area contributed by atoms with Gasteiger partial charge in [0.05, 0.1) is 7.11 Å². The molecule has 0 aliphatic heterocycles. The zero-order chi connectivity index (χ0) is 14.9. The van der Waals surface area contributed by atoms with Gasteiger partial charge in [0.25, 0.3) is 0 Å². The fourth-order valence-electron chi connectivity index (χ4n) is 0.906. The van der Waals surface area contributed by atoms with Gasteiger partial charge in [-0.3, -0.25) is 9.59 Å². The third kappa shape index (κ3) is 8.03. The fraction of sp³-hybridized carbons (Fsp3) is 0.833.